The molecule has 2 saturated heterocycles. The fourth-order valence-electron chi connectivity index (χ4n) is 3.19. The number of carbonyl (C=O) groups excluding carboxylic acids is 3. The highest BCUT2D eigenvalue weighted by atomic mass is 32.1. The van der Waals surface area contributed by atoms with E-state index in [0.717, 1.165) is 6.42 Å². The van der Waals surface area contributed by atoms with Crippen molar-refractivity contribution in [2.24, 2.45) is 11.1 Å². The summed E-state index contributed by atoms with van der Waals surface area (Å²) in [6, 6.07) is -0.687. The minimum atomic E-state index is -0.687. The zero-order valence-electron chi connectivity index (χ0n) is 13.9. The van der Waals surface area contributed by atoms with Gasteiger partial charge in [0.15, 0.2) is 0 Å². The van der Waals surface area contributed by atoms with E-state index in [9.17, 15) is 14.4 Å². The molecule has 0 aliphatic carbocycles. The van der Waals surface area contributed by atoms with Crippen LogP contribution in [0.4, 0.5) is 4.79 Å². The third kappa shape index (κ3) is 3.57. The number of hydrogen-bond donors (Lipinski definition) is 2. The molecule has 0 aromatic rings. The number of hydrogen-bond acceptors (Lipinski definition) is 5. The summed E-state index contributed by atoms with van der Waals surface area (Å²) < 4.78 is 5.38. The lowest BCUT2D eigenvalue weighted by Crippen LogP contribution is -2.71. The quantitative estimate of drug-likeness (QED) is 0.581. The summed E-state index contributed by atoms with van der Waals surface area (Å²) in [6.45, 7) is 6.77. The Labute approximate surface area is 141 Å². The number of primary amides is 1. The lowest BCUT2D eigenvalue weighted by atomic mass is 9.71. The summed E-state index contributed by atoms with van der Waals surface area (Å²) in [7, 11) is 0. The number of ether oxygens (including phenoxy) is 1. The van der Waals surface area contributed by atoms with Gasteiger partial charge in [-0.05, 0) is 33.6 Å². The van der Waals surface area contributed by atoms with Crippen LogP contribution in [-0.4, -0.2) is 64.7 Å². The predicted molar refractivity (Wildman–Crippen MR) is 88.0 cm³/mol. The predicted octanol–water partition coefficient (Wildman–Crippen LogP) is 0.630. The van der Waals surface area contributed by atoms with Crippen molar-refractivity contribution in [3.63, 3.8) is 0 Å². The molecule has 1 unspecified atom stereocenters. The van der Waals surface area contributed by atoms with Gasteiger partial charge in [-0.1, -0.05) is 0 Å². The minimum Gasteiger partial charge on any atom is -0.444 e. The van der Waals surface area contributed by atoms with E-state index in [1.54, 1.807) is 4.90 Å². The number of amides is 3. The van der Waals surface area contributed by atoms with Gasteiger partial charge in [-0.3, -0.25) is 9.59 Å². The number of piperidine rings is 1. The average Bonchev–Trinajstić information content (AvgIpc) is 2.45. The molecule has 0 saturated carbocycles. The Morgan fingerprint density at radius 1 is 1.39 bits per heavy atom. The lowest BCUT2D eigenvalue weighted by Gasteiger charge is -2.54. The smallest absolute Gasteiger partial charge is 0.410 e. The molecule has 2 fully saturated rings. The Morgan fingerprint density at radius 2 is 2.04 bits per heavy atom. The summed E-state index contributed by atoms with van der Waals surface area (Å²) >= 11 is 4.09. The standard InChI is InChI=1S/C15H25N3O4S/c1-14(2,3)22-13(21)17-6-4-5-15(8-17)9-18(12(15)20)10(7-23)11(16)19/h10,23H,4-9H2,1-3H3,(H2,16,19)/t10-,15?/m0/s1. The Kier molecular flexibility index (Phi) is 4.84. The topological polar surface area (TPSA) is 92.9 Å². The normalized spacial score (nSPS) is 26.0. The van der Waals surface area contributed by atoms with Gasteiger partial charge in [0, 0.05) is 25.4 Å². The van der Waals surface area contributed by atoms with E-state index in [2.05, 4.69) is 12.6 Å². The number of rotatable bonds is 3. The van der Waals surface area contributed by atoms with Crippen LogP contribution in [-0.2, 0) is 14.3 Å². The first-order valence-corrected chi connectivity index (χ1v) is 8.42. The molecule has 2 atom stereocenters. The minimum absolute atomic E-state index is 0.122. The molecule has 1 spiro atoms. The Bertz CT molecular complexity index is 519. The van der Waals surface area contributed by atoms with Gasteiger partial charge in [0.05, 0.1) is 5.41 Å². The number of nitrogens with two attached hydrogens (primary N) is 1. The molecule has 2 rings (SSSR count). The summed E-state index contributed by atoms with van der Waals surface area (Å²) in [5, 5.41) is 0. The maximum absolute atomic E-state index is 12.6. The molecule has 7 nitrogen and oxygen atoms in total. The molecule has 8 heteroatoms. The molecule has 2 heterocycles. The highest BCUT2D eigenvalue weighted by Gasteiger charge is 2.57. The molecule has 2 aliphatic heterocycles. The fraction of sp³-hybridized carbons (Fsp3) is 0.800. The lowest BCUT2D eigenvalue weighted by molar-refractivity contribution is -0.171. The maximum Gasteiger partial charge on any atom is 0.410 e. The van der Waals surface area contributed by atoms with Crippen LogP contribution in [0.5, 0.6) is 0 Å². The van der Waals surface area contributed by atoms with Crippen LogP contribution in [0.1, 0.15) is 33.6 Å². The second-order valence-corrected chi connectivity index (χ2v) is 7.68. The molecular formula is C15H25N3O4S. The van der Waals surface area contributed by atoms with Crippen LogP contribution in [0, 0.1) is 5.41 Å². The van der Waals surface area contributed by atoms with Gasteiger partial charge in [0.1, 0.15) is 11.6 Å². The summed E-state index contributed by atoms with van der Waals surface area (Å²) in [5.41, 5.74) is 4.14. The van der Waals surface area contributed by atoms with Gasteiger partial charge in [0.25, 0.3) is 0 Å². The summed E-state index contributed by atoms with van der Waals surface area (Å²) in [5.74, 6) is -0.473. The van der Waals surface area contributed by atoms with Crippen molar-refractivity contribution in [1.82, 2.24) is 9.80 Å². The van der Waals surface area contributed by atoms with E-state index < -0.39 is 29.1 Å². The first-order valence-electron chi connectivity index (χ1n) is 7.79. The summed E-state index contributed by atoms with van der Waals surface area (Å²) in [4.78, 5) is 39.3. The van der Waals surface area contributed by atoms with Crippen molar-refractivity contribution < 1.29 is 19.1 Å². The van der Waals surface area contributed by atoms with Crippen molar-refractivity contribution in [1.29, 1.82) is 0 Å². The number of likely N-dealkylation sites (tertiary alicyclic amines) is 2. The van der Waals surface area contributed by atoms with E-state index in [1.807, 2.05) is 20.8 Å². The monoisotopic (exact) mass is 343 g/mol. The Morgan fingerprint density at radius 3 is 2.52 bits per heavy atom. The highest BCUT2D eigenvalue weighted by molar-refractivity contribution is 7.80. The molecule has 3 amide bonds. The van der Waals surface area contributed by atoms with E-state index in [-0.39, 0.29) is 11.7 Å². The molecule has 0 radical (unpaired) electrons. The number of carbonyl (C=O) groups is 3. The van der Waals surface area contributed by atoms with Crippen molar-refractivity contribution in [2.45, 2.75) is 45.3 Å². The van der Waals surface area contributed by atoms with Gasteiger partial charge >= 0.3 is 6.09 Å². The Hall–Kier alpha value is -1.44. The largest absolute Gasteiger partial charge is 0.444 e. The molecule has 2 aliphatic rings. The summed E-state index contributed by atoms with van der Waals surface area (Å²) in [6.07, 6.45) is 1.05. The first-order chi connectivity index (χ1) is 10.6. The molecule has 130 valence electrons. The maximum atomic E-state index is 12.6. The van der Waals surface area contributed by atoms with Crippen LogP contribution in [0.2, 0.25) is 0 Å². The Balaban J connectivity index is 2.03. The van der Waals surface area contributed by atoms with Gasteiger partial charge in [-0.15, -0.1) is 0 Å². The van der Waals surface area contributed by atoms with E-state index in [1.165, 1.54) is 4.90 Å². The second-order valence-electron chi connectivity index (χ2n) is 7.32. The first kappa shape index (κ1) is 17.9. The SMILES string of the molecule is CC(C)(C)OC(=O)N1CCCC2(C1)CN([C@@H](CS)C(N)=O)C2=O. The molecule has 0 aromatic carbocycles. The van der Waals surface area contributed by atoms with Gasteiger partial charge in [-0.2, -0.15) is 12.6 Å². The molecular weight excluding hydrogens is 318 g/mol. The third-order valence-corrected chi connectivity index (χ3v) is 4.64. The molecule has 23 heavy (non-hydrogen) atoms. The van der Waals surface area contributed by atoms with Crippen LogP contribution < -0.4 is 5.73 Å². The second kappa shape index (κ2) is 6.22. The van der Waals surface area contributed by atoms with Crippen LogP contribution in [0.25, 0.3) is 0 Å². The van der Waals surface area contributed by atoms with Crippen molar-refractivity contribution in [2.75, 3.05) is 25.4 Å². The fourth-order valence-corrected chi connectivity index (χ4v) is 3.57. The van der Waals surface area contributed by atoms with Gasteiger partial charge < -0.3 is 20.3 Å². The van der Waals surface area contributed by atoms with Crippen molar-refractivity contribution in [3.8, 4) is 0 Å². The zero-order valence-corrected chi connectivity index (χ0v) is 14.8. The van der Waals surface area contributed by atoms with E-state index in [0.29, 0.717) is 26.1 Å². The van der Waals surface area contributed by atoms with Crippen molar-refractivity contribution in [3.05, 3.63) is 0 Å². The number of nitrogens with zero attached hydrogens (tertiary/aromatic N) is 2. The average molecular weight is 343 g/mol. The third-order valence-electron chi connectivity index (χ3n) is 4.29. The number of thiol groups is 1. The molecule has 0 bridgehead atoms. The van der Waals surface area contributed by atoms with Crippen molar-refractivity contribution >= 4 is 30.5 Å². The molecule has 0 aromatic heterocycles. The highest BCUT2D eigenvalue weighted by Crippen LogP contribution is 2.41. The van der Waals surface area contributed by atoms with Crippen LogP contribution >= 0.6 is 12.6 Å². The van der Waals surface area contributed by atoms with Gasteiger partial charge in [0.2, 0.25) is 11.8 Å². The van der Waals surface area contributed by atoms with Gasteiger partial charge in [-0.25, -0.2) is 4.79 Å². The van der Waals surface area contributed by atoms with Crippen LogP contribution in [0.15, 0.2) is 0 Å². The van der Waals surface area contributed by atoms with E-state index >= 15 is 0 Å². The zero-order chi connectivity index (χ0) is 17.4. The molecule has 2 N–H and O–H groups in total. The van der Waals surface area contributed by atoms with E-state index in [4.69, 9.17) is 10.5 Å². The number of β-lactam (4-membered cyclic amide) rings is 1. The van der Waals surface area contributed by atoms with Crippen LogP contribution in [0.3, 0.4) is 0 Å².